The summed E-state index contributed by atoms with van der Waals surface area (Å²) < 4.78 is 1.61. The van der Waals surface area contributed by atoms with Crippen molar-refractivity contribution in [3.8, 4) is 5.95 Å². The molecular formula is C22H27N5O2. The largest absolute Gasteiger partial charge is 0.310 e. The smallest absolute Gasteiger partial charge is 0.252 e. The van der Waals surface area contributed by atoms with Crippen LogP contribution in [0.25, 0.3) is 5.95 Å². The fraction of sp³-hybridized carbons (Fsp3) is 0.636. The number of H-pyrrole nitrogens is 1. The third-order valence-electron chi connectivity index (χ3n) is 7.54. The van der Waals surface area contributed by atoms with Crippen molar-refractivity contribution in [2.75, 3.05) is 5.32 Å². The van der Waals surface area contributed by atoms with Crippen LogP contribution >= 0.6 is 0 Å². The molecule has 4 bridgehead atoms. The number of nitrogens with one attached hydrogen (secondary N) is 2. The third kappa shape index (κ3) is 2.93. The highest BCUT2D eigenvalue weighted by Crippen LogP contribution is 2.60. The van der Waals surface area contributed by atoms with Gasteiger partial charge in [0.15, 0.2) is 0 Å². The van der Waals surface area contributed by atoms with Crippen LogP contribution in [0, 0.1) is 30.1 Å². The van der Waals surface area contributed by atoms with Gasteiger partial charge in [0, 0.05) is 23.7 Å². The number of nitrogens with zero attached hydrogens (tertiary/aromatic N) is 3. The fourth-order valence-corrected chi connectivity index (χ4v) is 6.53. The summed E-state index contributed by atoms with van der Waals surface area (Å²) in [6, 6.07) is 3.43. The number of carbonyl (C=O) groups excluding carboxylic acids is 1. The van der Waals surface area contributed by atoms with Gasteiger partial charge in [0.05, 0.1) is 11.1 Å². The van der Waals surface area contributed by atoms with E-state index in [0.717, 1.165) is 37.8 Å². The van der Waals surface area contributed by atoms with E-state index in [0.29, 0.717) is 41.1 Å². The molecule has 0 aliphatic heterocycles. The zero-order valence-electron chi connectivity index (χ0n) is 16.8. The van der Waals surface area contributed by atoms with E-state index in [1.165, 1.54) is 25.3 Å². The molecule has 2 heterocycles. The van der Waals surface area contributed by atoms with Gasteiger partial charge in [0.25, 0.3) is 5.56 Å². The molecule has 0 spiro atoms. The van der Waals surface area contributed by atoms with Gasteiger partial charge < -0.3 is 5.32 Å². The summed E-state index contributed by atoms with van der Waals surface area (Å²) in [6.07, 6.45) is 9.24. The summed E-state index contributed by atoms with van der Waals surface area (Å²) in [4.78, 5) is 32.7. The molecule has 2 N–H and O–H groups in total. The Kier molecular flexibility index (Phi) is 3.62. The molecule has 7 rings (SSSR count). The van der Waals surface area contributed by atoms with Gasteiger partial charge in [-0.1, -0.05) is 0 Å². The van der Waals surface area contributed by atoms with E-state index in [1.54, 1.807) is 11.6 Å². The van der Waals surface area contributed by atoms with Gasteiger partial charge in [-0.15, -0.1) is 0 Å². The van der Waals surface area contributed by atoms with Crippen molar-refractivity contribution in [1.29, 1.82) is 0 Å². The van der Waals surface area contributed by atoms with E-state index < -0.39 is 0 Å². The van der Waals surface area contributed by atoms with E-state index in [4.69, 9.17) is 5.10 Å². The number of hydrogen-bond donors (Lipinski definition) is 2. The van der Waals surface area contributed by atoms with E-state index in [1.807, 2.05) is 6.07 Å². The van der Waals surface area contributed by atoms with Crippen LogP contribution in [0.3, 0.4) is 0 Å². The molecule has 0 radical (unpaired) electrons. The molecule has 0 atom stereocenters. The van der Waals surface area contributed by atoms with E-state index in [9.17, 15) is 9.59 Å². The predicted molar refractivity (Wildman–Crippen MR) is 108 cm³/mol. The zero-order valence-corrected chi connectivity index (χ0v) is 16.8. The number of carbonyl (C=O) groups is 1. The van der Waals surface area contributed by atoms with Gasteiger partial charge >= 0.3 is 0 Å². The molecule has 29 heavy (non-hydrogen) atoms. The van der Waals surface area contributed by atoms with Crippen LogP contribution in [0.1, 0.15) is 68.7 Å². The minimum atomic E-state index is -0.225. The molecule has 0 aromatic carbocycles. The Morgan fingerprint density at radius 2 is 1.79 bits per heavy atom. The fourth-order valence-electron chi connectivity index (χ4n) is 6.53. The molecule has 7 nitrogen and oxygen atoms in total. The quantitative estimate of drug-likeness (QED) is 0.834. The second-order valence-corrected chi connectivity index (χ2v) is 10.0. The normalized spacial score (nSPS) is 32.5. The van der Waals surface area contributed by atoms with Crippen molar-refractivity contribution in [2.24, 2.45) is 23.2 Å². The topological polar surface area (TPSA) is 92.7 Å². The van der Waals surface area contributed by atoms with Crippen LogP contribution in [0.15, 0.2) is 16.9 Å². The van der Waals surface area contributed by atoms with Crippen LogP contribution in [-0.4, -0.2) is 25.7 Å². The van der Waals surface area contributed by atoms with Crippen LogP contribution < -0.4 is 10.9 Å². The Hall–Kier alpha value is -2.44. The molecular weight excluding hydrogens is 366 g/mol. The Morgan fingerprint density at radius 1 is 1.14 bits per heavy atom. The molecule has 2 aromatic rings. The summed E-state index contributed by atoms with van der Waals surface area (Å²) in [5, 5.41) is 7.90. The highest BCUT2D eigenvalue weighted by atomic mass is 16.2. The number of amides is 1. The van der Waals surface area contributed by atoms with E-state index in [-0.39, 0.29) is 16.9 Å². The average molecular weight is 393 g/mol. The minimum absolute atomic E-state index is 0.134. The first kappa shape index (κ1) is 17.4. The standard InChI is InChI=1S/C22H27N5O2/c1-12-4-19(28)25-21(23-12)27-18(8-17(26-27)16-2-3-16)24-20(29)22-9-13-5-14(10-22)7-15(6-13)11-22/h4,8,13-16H,2-3,5-7,9-11H2,1H3,(H,24,29)(H,23,25,28). The lowest BCUT2D eigenvalue weighted by atomic mass is 9.49. The first-order chi connectivity index (χ1) is 14.0. The van der Waals surface area contributed by atoms with Gasteiger partial charge in [-0.3, -0.25) is 14.6 Å². The Morgan fingerprint density at radius 3 is 2.38 bits per heavy atom. The molecule has 5 fully saturated rings. The number of aromatic amines is 1. The molecule has 5 aliphatic carbocycles. The minimum Gasteiger partial charge on any atom is -0.310 e. The molecule has 5 saturated carbocycles. The number of hydrogen-bond acceptors (Lipinski definition) is 4. The van der Waals surface area contributed by atoms with Crippen molar-refractivity contribution in [1.82, 2.24) is 19.7 Å². The first-order valence-corrected chi connectivity index (χ1v) is 11.0. The lowest BCUT2D eigenvalue weighted by Crippen LogP contribution is -2.51. The summed E-state index contributed by atoms with van der Waals surface area (Å²) in [6.45, 7) is 1.79. The molecule has 7 heteroatoms. The lowest BCUT2D eigenvalue weighted by Gasteiger charge is -2.55. The van der Waals surface area contributed by atoms with Crippen LogP contribution in [0.2, 0.25) is 0 Å². The van der Waals surface area contributed by atoms with Crippen molar-refractivity contribution in [2.45, 2.75) is 64.2 Å². The molecule has 2 aromatic heterocycles. The summed E-state index contributed by atoms with van der Waals surface area (Å²) in [5.41, 5.74) is 1.16. The molecule has 0 saturated heterocycles. The molecule has 0 unspecified atom stereocenters. The van der Waals surface area contributed by atoms with Crippen LogP contribution in [0.5, 0.6) is 0 Å². The maximum atomic E-state index is 13.5. The number of aromatic nitrogens is 4. The Bertz CT molecular complexity index is 1010. The third-order valence-corrected chi connectivity index (χ3v) is 7.54. The zero-order chi connectivity index (χ0) is 19.8. The Labute approximate surface area is 169 Å². The van der Waals surface area contributed by atoms with Crippen molar-refractivity contribution in [3.63, 3.8) is 0 Å². The van der Waals surface area contributed by atoms with Crippen LogP contribution in [-0.2, 0) is 4.79 Å². The highest BCUT2D eigenvalue weighted by Gasteiger charge is 2.54. The van der Waals surface area contributed by atoms with E-state index >= 15 is 0 Å². The van der Waals surface area contributed by atoms with Gasteiger partial charge in [0.1, 0.15) is 5.82 Å². The summed E-state index contributed by atoms with van der Waals surface area (Å²) in [5.74, 6) is 3.72. The van der Waals surface area contributed by atoms with Gasteiger partial charge in [-0.25, -0.2) is 4.98 Å². The van der Waals surface area contributed by atoms with Crippen LogP contribution in [0.4, 0.5) is 5.82 Å². The number of aryl methyl sites for hydroxylation is 1. The molecule has 152 valence electrons. The number of rotatable bonds is 4. The summed E-state index contributed by atoms with van der Waals surface area (Å²) >= 11 is 0. The van der Waals surface area contributed by atoms with E-state index in [2.05, 4.69) is 15.3 Å². The van der Waals surface area contributed by atoms with Crippen molar-refractivity contribution in [3.05, 3.63) is 33.9 Å². The first-order valence-electron chi connectivity index (χ1n) is 11.0. The second kappa shape index (κ2) is 6.03. The maximum Gasteiger partial charge on any atom is 0.252 e. The lowest BCUT2D eigenvalue weighted by molar-refractivity contribution is -0.140. The maximum absolute atomic E-state index is 13.5. The molecule has 1 amide bonds. The summed E-state index contributed by atoms with van der Waals surface area (Å²) in [7, 11) is 0. The Balaban J connectivity index is 1.35. The number of anilines is 1. The molecule has 5 aliphatic rings. The highest BCUT2D eigenvalue weighted by molar-refractivity contribution is 5.95. The van der Waals surface area contributed by atoms with Gasteiger partial charge in [0.2, 0.25) is 11.9 Å². The average Bonchev–Trinajstić information content (AvgIpc) is 3.40. The SMILES string of the molecule is Cc1cc(=O)[nH]c(-n2nc(C3CC3)cc2NC(=O)C23CC4CC(CC(C4)C2)C3)n1. The monoisotopic (exact) mass is 393 g/mol. The van der Waals surface area contributed by atoms with Gasteiger partial charge in [-0.2, -0.15) is 9.78 Å². The van der Waals surface area contributed by atoms with Crippen molar-refractivity contribution < 1.29 is 4.79 Å². The second-order valence-electron chi connectivity index (χ2n) is 10.0. The van der Waals surface area contributed by atoms with Gasteiger partial charge in [-0.05, 0) is 76.0 Å². The van der Waals surface area contributed by atoms with Crippen molar-refractivity contribution >= 4 is 11.7 Å². The predicted octanol–water partition coefficient (Wildman–Crippen LogP) is 3.30.